The van der Waals surface area contributed by atoms with Crippen LogP contribution in [0.1, 0.15) is 24.5 Å². The molecule has 0 aliphatic rings. The van der Waals surface area contributed by atoms with Gasteiger partial charge in [-0.25, -0.2) is 0 Å². The van der Waals surface area contributed by atoms with E-state index in [4.69, 9.17) is 18.9 Å². The smallest absolute Gasteiger partial charge is 0.190 e. The highest BCUT2D eigenvalue weighted by molar-refractivity contribution is 5.79. The summed E-state index contributed by atoms with van der Waals surface area (Å²) in [6, 6.07) is 12.1. The van der Waals surface area contributed by atoms with Gasteiger partial charge < -0.3 is 29.6 Å². The van der Waals surface area contributed by atoms with Crippen molar-refractivity contribution in [1.82, 2.24) is 10.6 Å². The van der Waals surface area contributed by atoms with Crippen LogP contribution in [-0.4, -0.2) is 54.0 Å². The van der Waals surface area contributed by atoms with Crippen molar-refractivity contribution >= 4 is 5.96 Å². The topological polar surface area (TPSA) is 73.3 Å². The van der Waals surface area contributed by atoms with Crippen LogP contribution in [0, 0.1) is 0 Å². The van der Waals surface area contributed by atoms with Crippen LogP contribution in [-0.2, 0) is 12.8 Å². The SMILES string of the molecule is CCOc1cc(CCCNC(=NC)NCCc2ccc(OC)c(OC)c2)ccc1OC. The van der Waals surface area contributed by atoms with Crippen LogP contribution in [0.5, 0.6) is 23.0 Å². The van der Waals surface area contributed by atoms with Gasteiger partial charge in [0.25, 0.3) is 0 Å². The number of guanidine groups is 1. The second-order valence-corrected chi connectivity index (χ2v) is 6.89. The van der Waals surface area contributed by atoms with Crippen LogP contribution in [0.25, 0.3) is 0 Å². The van der Waals surface area contributed by atoms with Crippen molar-refractivity contribution in [3.63, 3.8) is 0 Å². The van der Waals surface area contributed by atoms with Gasteiger partial charge in [-0.2, -0.15) is 0 Å². The molecule has 0 aliphatic carbocycles. The summed E-state index contributed by atoms with van der Waals surface area (Å²) in [5, 5.41) is 6.72. The molecule has 2 rings (SSSR count). The Labute approximate surface area is 185 Å². The lowest BCUT2D eigenvalue weighted by atomic mass is 10.1. The fourth-order valence-corrected chi connectivity index (χ4v) is 3.23. The number of hydrogen-bond donors (Lipinski definition) is 2. The normalized spacial score (nSPS) is 11.1. The van der Waals surface area contributed by atoms with E-state index in [0.717, 1.165) is 61.3 Å². The molecule has 0 saturated heterocycles. The Morgan fingerprint density at radius 1 is 0.774 bits per heavy atom. The van der Waals surface area contributed by atoms with E-state index >= 15 is 0 Å². The lowest BCUT2D eigenvalue weighted by Crippen LogP contribution is -2.38. The zero-order valence-corrected chi connectivity index (χ0v) is 19.3. The first-order valence-electron chi connectivity index (χ1n) is 10.6. The third-order valence-corrected chi connectivity index (χ3v) is 4.84. The molecule has 7 heteroatoms. The van der Waals surface area contributed by atoms with E-state index in [9.17, 15) is 0 Å². The average molecular weight is 430 g/mol. The van der Waals surface area contributed by atoms with E-state index in [2.05, 4.69) is 27.8 Å². The Kier molecular flexibility index (Phi) is 10.3. The van der Waals surface area contributed by atoms with E-state index in [1.54, 1.807) is 28.4 Å². The van der Waals surface area contributed by atoms with Gasteiger partial charge in [0.2, 0.25) is 0 Å². The summed E-state index contributed by atoms with van der Waals surface area (Å²) < 4.78 is 21.6. The highest BCUT2D eigenvalue weighted by Crippen LogP contribution is 2.29. The van der Waals surface area contributed by atoms with Gasteiger partial charge in [0.15, 0.2) is 29.0 Å². The van der Waals surface area contributed by atoms with Gasteiger partial charge in [-0.3, -0.25) is 4.99 Å². The Balaban J connectivity index is 1.75. The molecular weight excluding hydrogens is 394 g/mol. The minimum absolute atomic E-state index is 0.618. The second kappa shape index (κ2) is 13.3. The number of benzene rings is 2. The van der Waals surface area contributed by atoms with Gasteiger partial charge in [-0.15, -0.1) is 0 Å². The summed E-state index contributed by atoms with van der Waals surface area (Å²) in [7, 11) is 6.73. The van der Waals surface area contributed by atoms with Crippen molar-refractivity contribution in [2.45, 2.75) is 26.2 Å². The number of hydrogen-bond acceptors (Lipinski definition) is 5. The molecule has 2 N–H and O–H groups in total. The lowest BCUT2D eigenvalue weighted by molar-refractivity contribution is 0.310. The van der Waals surface area contributed by atoms with Gasteiger partial charge in [0.1, 0.15) is 0 Å². The molecule has 0 aromatic heterocycles. The minimum Gasteiger partial charge on any atom is -0.493 e. The monoisotopic (exact) mass is 429 g/mol. The Morgan fingerprint density at radius 3 is 1.97 bits per heavy atom. The van der Waals surface area contributed by atoms with Crippen molar-refractivity contribution in [2.24, 2.45) is 4.99 Å². The number of rotatable bonds is 12. The summed E-state index contributed by atoms with van der Waals surface area (Å²) in [6.07, 6.45) is 2.78. The third-order valence-electron chi connectivity index (χ3n) is 4.84. The van der Waals surface area contributed by atoms with Crippen LogP contribution < -0.4 is 29.6 Å². The van der Waals surface area contributed by atoms with E-state index < -0.39 is 0 Å². The van der Waals surface area contributed by atoms with Crippen LogP contribution in [0.3, 0.4) is 0 Å². The molecule has 0 heterocycles. The molecule has 2 aromatic rings. The van der Waals surface area contributed by atoms with Gasteiger partial charge in [-0.05, 0) is 61.6 Å². The highest BCUT2D eigenvalue weighted by atomic mass is 16.5. The van der Waals surface area contributed by atoms with Gasteiger partial charge in [-0.1, -0.05) is 12.1 Å². The van der Waals surface area contributed by atoms with Crippen molar-refractivity contribution in [1.29, 1.82) is 0 Å². The van der Waals surface area contributed by atoms with E-state index in [1.807, 2.05) is 31.2 Å². The first kappa shape index (κ1) is 24.2. The first-order chi connectivity index (χ1) is 15.1. The molecule has 7 nitrogen and oxygen atoms in total. The Hall–Kier alpha value is -3.09. The largest absolute Gasteiger partial charge is 0.493 e. The minimum atomic E-state index is 0.618. The van der Waals surface area contributed by atoms with E-state index in [-0.39, 0.29) is 0 Å². The molecular formula is C24H35N3O4. The Morgan fingerprint density at radius 2 is 1.35 bits per heavy atom. The third kappa shape index (κ3) is 7.59. The quantitative estimate of drug-likeness (QED) is 0.306. The second-order valence-electron chi connectivity index (χ2n) is 6.89. The van der Waals surface area contributed by atoms with Gasteiger partial charge in [0, 0.05) is 20.1 Å². The molecule has 0 spiro atoms. The molecule has 0 fully saturated rings. The maximum atomic E-state index is 5.65. The highest BCUT2D eigenvalue weighted by Gasteiger charge is 2.07. The standard InChI is InChI=1S/C24H35N3O4/c1-6-31-23-17-18(9-12-21(23)29-4)8-7-14-26-24(25-2)27-15-13-19-10-11-20(28-3)22(16-19)30-5/h9-12,16-17H,6-8,13-15H2,1-5H3,(H2,25,26,27). The number of ether oxygens (including phenoxy) is 4. The van der Waals surface area contributed by atoms with Crippen molar-refractivity contribution in [2.75, 3.05) is 48.1 Å². The van der Waals surface area contributed by atoms with Crippen LogP contribution in [0.15, 0.2) is 41.4 Å². The average Bonchev–Trinajstić information content (AvgIpc) is 2.80. The number of nitrogens with zero attached hydrogens (tertiary/aromatic N) is 1. The van der Waals surface area contributed by atoms with Gasteiger partial charge >= 0.3 is 0 Å². The molecule has 0 unspecified atom stereocenters. The fourth-order valence-electron chi connectivity index (χ4n) is 3.23. The van der Waals surface area contributed by atoms with Gasteiger partial charge in [0.05, 0.1) is 27.9 Å². The maximum Gasteiger partial charge on any atom is 0.190 e. The molecule has 2 aromatic carbocycles. The summed E-state index contributed by atoms with van der Waals surface area (Å²) >= 11 is 0. The molecule has 0 aliphatic heterocycles. The predicted molar refractivity (Wildman–Crippen MR) is 125 cm³/mol. The van der Waals surface area contributed by atoms with Crippen molar-refractivity contribution in [3.05, 3.63) is 47.5 Å². The molecule has 0 amide bonds. The zero-order valence-electron chi connectivity index (χ0n) is 19.3. The Bertz CT molecular complexity index is 840. The summed E-state index contributed by atoms with van der Waals surface area (Å²) in [5.41, 5.74) is 2.40. The van der Waals surface area contributed by atoms with Crippen molar-refractivity contribution in [3.8, 4) is 23.0 Å². The molecule has 31 heavy (non-hydrogen) atoms. The maximum absolute atomic E-state index is 5.65. The lowest BCUT2D eigenvalue weighted by Gasteiger charge is -2.13. The van der Waals surface area contributed by atoms with E-state index in [1.165, 1.54) is 11.1 Å². The number of nitrogens with one attached hydrogen (secondary N) is 2. The fraction of sp³-hybridized carbons (Fsp3) is 0.458. The molecule has 0 bridgehead atoms. The van der Waals surface area contributed by atoms with E-state index in [0.29, 0.717) is 6.61 Å². The molecule has 0 radical (unpaired) electrons. The predicted octanol–water partition coefficient (Wildman–Crippen LogP) is 3.45. The first-order valence-corrected chi connectivity index (χ1v) is 10.6. The van der Waals surface area contributed by atoms with Crippen LogP contribution in [0.2, 0.25) is 0 Å². The summed E-state index contributed by atoms with van der Waals surface area (Å²) in [5.74, 6) is 3.84. The molecule has 170 valence electrons. The summed E-state index contributed by atoms with van der Waals surface area (Å²) in [4.78, 5) is 4.30. The van der Waals surface area contributed by atoms with Crippen LogP contribution >= 0.6 is 0 Å². The number of methoxy groups -OCH3 is 3. The molecule has 0 saturated carbocycles. The summed E-state index contributed by atoms with van der Waals surface area (Å²) in [6.45, 7) is 4.18. The van der Waals surface area contributed by atoms with Crippen LogP contribution in [0.4, 0.5) is 0 Å². The molecule has 0 atom stereocenters. The zero-order chi connectivity index (χ0) is 22.5. The number of aryl methyl sites for hydroxylation is 1. The number of aliphatic imine (C=N–C) groups is 1. The van der Waals surface area contributed by atoms with Crippen molar-refractivity contribution < 1.29 is 18.9 Å².